The summed E-state index contributed by atoms with van der Waals surface area (Å²) in [6, 6.07) is 13.8. The van der Waals surface area contributed by atoms with Crippen LogP contribution in [0.2, 0.25) is 26.2 Å². The third-order valence-electron chi connectivity index (χ3n) is 4.69. The predicted octanol–water partition coefficient (Wildman–Crippen LogP) is 3.57. The van der Waals surface area contributed by atoms with E-state index in [4.69, 9.17) is 0 Å². The van der Waals surface area contributed by atoms with Crippen LogP contribution >= 0.6 is 0 Å². The summed E-state index contributed by atoms with van der Waals surface area (Å²) in [4.78, 5) is 0. The molecule has 0 N–H and O–H groups in total. The van der Waals surface area contributed by atoms with Crippen molar-refractivity contribution in [2.45, 2.75) is 26.2 Å². The maximum atomic E-state index is 13.1. The van der Waals surface area contributed by atoms with Gasteiger partial charge in [-0.15, -0.1) is 0 Å². The lowest BCUT2D eigenvalue weighted by molar-refractivity contribution is 0.628. The van der Waals surface area contributed by atoms with Crippen molar-refractivity contribution in [3.63, 3.8) is 0 Å². The largest absolute Gasteiger partial charge is 0.207 e. The number of hydrogen-bond donors (Lipinski definition) is 0. The monoisotopic (exact) mass is 306 g/mol. The van der Waals surface area contributed by atoms with Crippen LogP contribution in [-0.4, -0.2) is 15.2 Å². The molecule has 0 unspecified atom stereocenters. The molecular formula is C16H20F2Si2. The van der Waals surface area contributed by atoms with E-state index in [-0.39, 0.29) is 11.6 Å². The highest BCUT2D eigenvalue weighted by atomic mass is 29.3. The quantitative estimate of drug-likeness (QED) is 0.761. The summed E-state index contributed by atoms with van der Waals surface area (Å²) in [6.07, 6.45) is 0. The minimum absolute atomic E-state index is 0.195. The second kappa shape index (κ2) is 5.26. The van der Waals surface area contributed by atoms with Crippen LogP contribution in [0.4, 0.5) is 8.78 Å². The zero-order chi connectivity index (χ0) is 15.0. The van der Waals surface area contributed by atoms with Crippen LogP contribution in [-0.2, 0) is 0 Å². The molecule has 4 heteroatoms. The molecule has 2 rings (SSSR count). The van der Waals surface area contributed by atoms with Gasteiger partial charge in [0, 0.05) is 0 Å². The highest BCUT2D eigenvalue weighted by Crippen LogP contribution is 2.19. The van der Waals surface area contributed by atoms with E-state index in [0.717, 1.165) is 0 Å². The molecule has 0 aliphatic heterocycles. The summed E-state index contributed by atoms with van der Waals surface area (Å²) >= 11 is 0. The third kappa shape index (κ3) is 2.62. The van der Waals surface area contributed by atoms with Gasteiger partial charge in [0.15, 0.2) is 0 Å². The summed E-state index contributed by atoms with van der Waals surface area (Å²) in [5.41, 5.74) is 0. The van der Waals surface area contributed by atoms with Crippen molar-refractivity contribution < 1.29 is 8.78 Å². The van der Waals surface area contributed by atoms with Crippen LogP contribution in [0.5, 0.6) is 0 Å². The zero-order valence-electron chi connectivity index (χ0n) is 12.4. The van der Waals surface area contributed by atoms with Crippen molar-refractivity contribution in [3.8, 4) is 0 Å². The lowest BCUT2D eigenvalue weighted by Crippen LogP contribution is -2.69. The number of rotatable bonds is 3. The number of halogens is 2. The minimum Gasteiger partial charge on any atom is -0.207 e. The molecular weight excluding hydrogens is 286 g/mol. The molecule has 0 bridgehead atoms. The zero-order valence-corrected chi connectivity index (χ0v) is 14.4. The topological polar surface area (TPSA) is 0 Å². The van der Waals surface area contributed by atoms with Crippen molar-refractivity contribution in [1.29, 1.82) is 0 Å². The first-order valence-electron chi connectivity index (χ1n) is 6.77. The second-order valence-corrected chi connectivity index (χ2v) is 21.4. The van der Waals surface area contributed by atoms with Crippen molar-refractivity contribution in [2.24, 2.45) is 0 Å². The summed E-state index contributed by atoms with van der Waals surface area (Å²) in [5.74, 6) is -0.389. The minimum atomic E-state index is -1.74. The van der Waals surface area contributed by atoms with E-state index in [9.17, 15) is 8.78 Å². The molecule has 0 saturated carbocycles. The van der Waals surface area contributed by atoms with E-state index in [2.05, 4.69) is 26.2 Å². The molecule has 0 saturated heterocycles. The maximum Gasteiger partial charge on any atom is 0.123 e. The fourth-order valence-corrected chi connectivity index (χ4v) is 11.2. The summed E-state index contributed by atoms with van der Waals surface area (Å²) in [6.45, 7) is 9.32. The van der Waals surface area contributed by atoms with Gasteiger partial charge < -0.3 is 0 Å². The van der Waals surface area contributed by atoms with Crippen LogP contribution in [0.1, 0.15) is 0 Å². The summed E-state index contributed by atoms with van der Waals surface area (Å²) < 4.78 is 26.2. The molecule has 0 spiro atoms. The smallest absolute Gasteiger partial charge is 0.123 e. The Morgan fingerprint density at radius 3 is 1.05 bits per heavy atom. The third-order valence-corrected chi connectivity index (χ3v) is 22.5. The Balaban J connectivity index is 2.45. The Labute approximate surface area is 121 Å². The molecule has 2 aromatic carbocycles. The van der Waals surface area contributed by atoms with Gasteiger partial charge in [0.2, 0.25) is 0 Å². The Hall–Kier alpha value is -1.27. The van der Waals surface area contributed by atoms with Gasteiger partial charge in [0.05, 0.1) is 15.2 Å². The normalized spacial score (nSPS) is 12.5. The van der Waals surface area contributed by atoms with Gasteiger partial charge in [-0.1, -0.05) is 60.8 Å². The van der Waals surface area contributed by atoms with Gasteiger partial charge in [-0.25, -0.2) is 8.78 Å². The first-order valence-corrected chi connectivity index (χ1v) is 13.8. The lowest BCUT2D eigenvalue weighted by Gasteiger charge is -2.39. The van der Waals surface area contributed by atoms with Crippen LogP contribution in [0.3, 0.4) is 0 Å². The van der Waals surface area contributed by atoms with Crippen molar-refractivity contribution in [3.05, 3.63) is 60.2 Å². The van der Waals surface area contributed by atoms with Gasteiger partial charge in [-0.05, 0) is 24.3 Å². The fourth-order valence-electron chi connectivity index (χ4n) is 2.45. The molecule has 2 aromatic rings. The second-order valence-electron chi connectivity index (χ2n) is 6.26. The highest BCUT2D eigenvalue weighted by Gasteiger charge is 2.43. The van der Waals surface area contributed by atoms with Crippen LogP contribution < -0.4 is 10.4 Å². The first-order chi connectivity index (χ1) is 9.25. The Kier molecular flexibility index (Phi) is 3.98. The average molecular weight is 307 g/mol. The van der Waals surface area contributed by atoms with Crippen molar-refractivity contribution >= 4 is 25.6 Å². The average Bonchev–Trinajstić information content (AvgIpc) is 2.39. The summed E-state index contributed by atoms with van der Waals surface area (Å²) in [7, 11) is -3.48. The van der Waals surface area contributed by atoms with Gasteiger partial charge in [0.1, 0.15) is 11.6 Å². The van der Waals surface area contributed by atoms with E-state index in [1.807, 2.05) is 24.3 Å². The van der Waals surface area contributed by atoms with E-state index >= 15 is 0 Å². The Bertz CT molecular complexity index is 531. The Morgan fingerprint density at radius 1 is 0.550 bits per heavy atom. The van der Waals surface area contributed by atoms with E-state index < -0.39 is 15.2 Å². The molecule has 106 valence electrons. The highest BCUT2D eigenvalue weighted by molar-refractivity contribution is 7.49. The summed E-state index contributed by atoms with van der Waals surface area (Å²) in [5, 5.41) is 2.53. The van der Waals surface area contributed by atoms with Crippen molar-refractivity contribution in [2.75, 3.05) is 0 Å². The SMILES string of the molecule is C[Si](C)(c1ccc(F)cc1)[Si](C)(C)c1ccc(F)cc1. The molecule has 20 heavy (non-hydrogen) atoms. The standard InChI is InChI=1S/C16H20F2Si2/c1-19(2,15-9-5-13(17)6-10-15)20(3,4)16-11-7-14(18)8-12-16/h5-12H,1-4H3. The fraction of sp³-hybridized carbons (Fsp3) is 0.250. The molecule has 0 aliphatic rings. The van der Waals surface area contributed by atoms with E-state index in [1.165, 1.54) is 10.4 Å². The molecule has 0 fully saturated rings. The van der Waals surface area contributed by atoms with Gasteiger partial charge in [0.25, 0.3) is 0 Å². The van der Waals surface area contributed by atoms with Gasteiger partial charge in [-0.2, -0.15) is 0 Å². The molecule has 0 aliphatic carbocycles. The molecule has 0 aromatic heterocycles. The molecule has 0 radical (unpaired) electrons. The Morgan fingerprint density at radius 2 is 0.800 bits per heavy atom. The predicted molar refractivity (Wildman–Crippen MR) is 87.0 cm³/mol. The van der Waals surface area contributed by atoms with Crippen molar-refractivity contribution in [1.82, 2.24) is 0 Å². The first kappa shape index (κ1) is 15.1. The molecule has 0 amide bonds. The van der Waals surface area contributed by atoms with Gasteiger partial charge >= 0.3 is 0 Å². The van der Waals surface area contributed by atoms with Crippen LogP contribution in [0.15, 0.2) is 48.5 Å². The lowest BCUT2D eigenvalue weighted by atomic mass is 10.3. The van der Waals surface area contributed by atoms with E-state index in [1.54, 1.807) is 24.3 Å². The molecule has 0 heterocycles. The van der Waals surface area contributed by atoms with Crippen LogP contribution in [0.25, 0.3) is 0 Å². The number of benzene rings is 2. The van der Waals surface area contributed by atoms with Crippen LogP contribution in [0, 0.1) is 11.6 Å². The molecule has 0 nitrogen and oxygen atoms in total. The maximum absolute atomic E-state index is 13.1. The van der Waals surface area contributed by atoms with E-state index in [0.29, 0.717) is 0 Å². The van der Waals surface area contributed by atoms with Gasteiger partial charge in [-0.3, -0.25) is 0 Å². The number of hydrogen-bond acceptors (Lipinski definition) is 0. The molecule has 0 atom stereocenters.